The maximum Gasteiger partial charge on any atom is 0.291 e. The quantitative estimate of drug-likeness (QED) is 0.408. The first kappa shape index (κ1) is 21.1. The van der Waals surface area contributed by atoms with Crippen molar-refractivity contribution < 1.29 is 18.7 Å². The van der Waals surface area contributed by atoms with Gasteiger partial charge in [0.25, 0.3) is 5.91 Å². The summed E-state index contributed by atoms with van der Waals surface area (Å²) in [5.74, 6) is 0.759. The van der Waals surface area contributed by atoms with Crippen LogP contribution in [0.5, 0.6) is 11.5 Å². The molecule has 1 aliphatic heterocycles. The SMILES string of the molecule is COc1ccc(C2c3c(oc4ccc(Cl)cc4c3=O)C(=O)N2Cc2ccccc2)cc1OC. The van der Waals surface area contributed by atoms with E-state index in [9.17, 15) is 9.59 Å². The van der Waals surface area contributed by atoms with Crippen LogP contribution in [0.25, 0.3) is 11.0 Å². The summed E-state index contributed by atoms with van der Waals surface area (Å²) in [6.45, 7) is 0.305. The molecule has 33 heavy (non-hydrogen) atoms. The number of halogens is 1. The van der Waals surface area contributed by atoms with Crippen LogP contribution < -0.4 is 14.9 Å². The van der Waals surface area contributed by atoms with E-state index >= 15 is 0 Å². The molecule has 1 amide bonds. The molecule has 0 saturated carbocycles. The third kappa shape index (κ3) is 3.52. The van der Waals surface area contributed by atoms with Crippen molar-refractivity contribution >= 4 is 28.5 Å². The molecule has 4 aromatic rings. The monoisotopic (exact) mass is 461 g/mol. The predicted octanol–water partition coefficient (Wildman–Crippen LogP) is 5.21. The van der Waals surface area contributed by atoms with E-state index in [1.54, 1.807) is 49.5 Å². The highest BCUT2D eigenvalue weighted by atomic mass is 35.5. The standard InChI is InChI=1S/C26H20ClNO5/c1-31-20-10-8-16(12-21(20)32-2)23-22-24(29)18-13-17(27)9-11-19(18)33-25(22)26(30)28(23)14-15-6-4-3-5-7-15/h3-13,23H,14H2,1-2H3. The fraction of sp³-hybridized carbons (Fsp3) is 0.154. The van der Waals surface area contributed by atoms with Crippen molar-refractivity contribution in [3.8, 4) is 11.5 Å². The topological polar surface area (TPSA) is 69.0 Å². The lowest BCUT2D eigenvalue weighted by molar-refractivity contribution is 0.0714. The molecule has 0 bridgehead atoms. The van der Waals surface area contributed by atoms with E-state index in [0.717, 1.165) is 5.56 Å². The third-order valence-corrected chi connectivity index (χ3v) is 6.08. The zero-order valence-corrected chi connectivity index (χ0v) is 18.8. The van der Waals surface area contributed by atoms with E-state index in [-0.39, 0.29) is 22.7 Å². The second-order valence-corrected chi connectivity index (χ2v) is 8.19. The zero-order valence-electron chi connectivity index (χ0n) is 18.0. The van der Waals surface area contributed by atoms with Gasteiger partial charge in [0, 0.05) is 11.6 Å². The Morgan fingerprint density at radius 1 is 0.939 bits per heavy atom. The molecule has 1 unspecified atom stereocenters. The van der Waals surface area contributed by atoms with Gasteiger partial charge in [0.1, 0.15) is 5.58 Å². The number of rotatable bonds is 5. The second kappa shape index (κ2) is 8.30. The van der Waals surface area contributed by atoms with Crippen molar-refractivity contribution in [2.45, 2.75) is 12.6 Å². The van der Waals surface area contributed by atoms with Gasteiger partial charge < -0.3 is 18.8 Å². The van der Waals surface area contributed by atoms with E-state index in [1.165, 1.54) is 0 Å². The van der Waals surface area contributed by atoms with Gasteiger partial charge in [-0.05, 0) is 41.5 Å². The average Bonchev–Trinajstić information content (AvgIpc) is 3.11. The minimum Gasteiger partial charge on any atom is -0.493 e. The number of methoxy groups -OCH3 is 2. The van der Waals surface area contributed by atoms with Gasteiger partial charge in [0.2, 0.25) is 5.76 Å². The molecule has 0 fully saturated rings. The largest absolute Gasteiger partial charge is 0.493 e. The fourth-order valence-electron chi connectivity index (χ4n) is 4.31. The molecule has 2 heterocycles. The van der Waals surface area contributed by atoms with Crippen molar-refractivity contribution in [1.82, 2.24) is 4.90 Å². The summed E-state index contributed by atoms with van der Waals surface area (Å²) in [6.07, 6.45) is 0. The summed E-state index contributed by atoms with van der Waals surface area (Å²) < 4.78 is 16.8. The molecule has 6 nitrogen and oxygen atoms in total. The van der Waals surface area contributed by atoms with Crippen LogP contribution in [-0.4, -0.2) is 25.0 Å². The second-order valence-electron chi connectivity index (χ2n) is 7.75. The summed E-state index contributed by atoms with van der Waals surface area (Å²) in [4.78, 5) is 28.8. The Labute approximate surface area is 194 Å². The lowest BCUT2D eigenvalue weighted by atomic mass is 9.97. The molecule has 3 aromatic carbocycles. The highest BCUT2D eigenvalue weighted by Crippen LogP contribution is 2.41. The Hall–Kier alpha value is -3.77. The van der Waals surface area contributed by atoms with Crippen molar-refractivity contribution in [1.29, 1.82) is 0 Å². The lowest BCUT2D eigenvalue weighted by Gasteiger charge is -2.26. The van der Waals surface area contributed by atoms with Crippen molar-refractivity contribution in [3.05, 3.63) is 104 Å². The highest BCUT2D eigenvalue weighted by Gasteiger charge is 2.43. The molecular formula is C26H20ClNO5. The van der Waals surface area contributed by atoms with Gasteiger partial charge in [-0.15, -0.1) is 0 Å². The van der Waals surface area contributed by atoms with Gasteiger partial charge in [0.15, 0.2) is 16.9 Å². The number of nitrogens with zero attached hydrogens (tertiary/aromatic N) is 1. The number of carbonyl (C=O) groups excluding carboxylic acids is 1. The van der Waals surface area contributed by atoms with Gasteiger partial charge in [-0.2, -0.15) is 0 Å². The lowest BCUT2D eigenvalue weighted by Crippen LogP contribution is -2.29. The maximum absolute atomic E-state index is 13.6. The van der Waals surface area contributed by atoms with Crippen LogP contribution in [0.1, 0.15) is 33.3 Å². The molecule has 0 aliphatic carbocycles. The molecule has 0 radical (unpaired) electrons. The number of carbonyl (C=O) groups is 1. The fourth-order valence-corrected chi connectivity index (χ4v) is 4.48. The first-order valence-corrected chi connectivity index (χ1v) is 10.7. The van der Waals surface area contributed by atoms with Gasteiger partial charge in [-0.3, -0.25) is 9.59 Å². The minimum absolute atomic E-state index is 0.0468. The summed E-state index contributed by atoms with van der Waals surface area (Å²) in [7, 11) is 3.10. The van der Waals surface area contributed by atoms with Gasteiger partial charge in [0.05, 0.1) is 31.2 Å². The first-order chi connectivity index (χ1) is 16.0. The molecule has 5 rings (SSSR count). The number of ether oxygens (including phenoxy) is 2. The Balaban J connectivity index is 1.74. The number of hydrogen-bond acceptors (Lipinski definition) is 5. The van der Waals surface area contributed by atoms with Crippen molar-refractivity contribution in [3.63, 3.8) is 0 Å². The molecule has 0 spiro atoms. The summed E-state index contributed by atoms with van der Waals surface area (Å²) in [5.41, 5.74) is 1.98. The molecule has 0 saturated heterocycles. The molecule has 0 N–H and O–H groups in total. The molecule has 1 aliphatic rings. The molecule has 166 valence electrons. The summed E-state index contributed by atoms with van der Waals surface area (Å²) in [5, 5.41) is 0.754. The van der Waals surface area contributed by atoms with Crippen LogP contribution in [-0.2, 0) is 6.54 Å². The molecule has 1 aromatic heterocycles. The van der Waals surface area contributed by atoms with Crippen LogP contribution >= 0.6 is 11.6 Å². The van der Waals surface area contributed by atoms with Gasteiger partial charge in [-0.1, -0.05) is 48.0 Å². The van der Waals surface area contributed by atoms with E-state index in [2.05, 4.69) is 0 Å². The Kier molecular flexibility index (Phi) is 5.30. The smallest absolute Gasteiger partial charge is 0.291 e. The number of amides is 1. The normalized spacial score (nSPS) is 15.1. The molecular weight excluding hydrogens is 442 g/mol. The van der Waals surface area contributed by atoms with Crippen LogP contribution in [0, 0.1) is 0 Å². The molecule has 7 heteroatoms. The van der Waals surface area contributed by atoms with Crippen LogP contribution in [0.2, 0.25) is 5.02 Å². The first-order valence-electron chi connectivity index (χ1n) is 10.3. The Bertz CT molecular complexity index is 1430. The molecule has 1 atom stereocenters. The highest BCUT2D eigenvalue weighted by molar-refractivity contribution is 6.31. The number of benzene rings is 3. The summed E-state index contributed by atoms with van der Waals surface area (Å²) >= 11 is 6.14. The Morgan fingerprint density at radius 3 is 2.42 bits per heavy atom. The van der Waals surface area contributed by atoms with E-state index in [0.29, 0.717) is 39.6 Å². The average molecular weight is 462 g/mol. The number of hydrogen-bond donors (Lipinski definition) is 0. The van der Waals surface area contributed by atoms with Gasteiger partial charge >= 0.3 is 0 Å². The van der Waals surface area contributed by atoms with Crippen LogP contribution in [0.15, 0.2) is 75.9 Å². The van der Waals surface area contributed by atoms with Gasteiger partial charge in [-0.25, -0.2) is 0 Å². The van der Waals surface area contributed by atoms with Crippen molar-refractivity contribution in [2.75, 3.05) is 14.2 Å². The van der Waals surface area contributed by atoms with E-state index in [4.69, 9.17) is 25.5 Å². The van der Waals surface area contributed by atoms with Crippen LogP contribution in [0.4, 0.5) is 0 Å². The summed E-state index contributed by atoms with van der Waals surface area (Å²) in [6, 6.07) is 19.1. The van der Waals surface area contributed by atoms with Crippen LogP contribution in [0.3, 0.4) is 0 Å². The van der Waals surface area contributed by atoms with Crippen molar-refractivity contribution in [2.24, 2.45) is 0 Å². The Morgan fingerprint density at radius 2 is 1.70 bits per heavy atom. The van der Waals surface area contributed by atoms with E-state index in [1.807, 2.05) is 36.4 Å². The number of fused-ring (bicyclic) bond motifs is 2. The minimum atomic E-state index is -0.660. The maximum atomic E-state index is 13.6. The predicted molar refractivity (Wildman–Crippen MR) is 125 cm³/mol. The zero-order chi connectivity index (χ0) is 23.1. The third-order valence-electron chi connectivity index (χ3n) is 5.85. The van der Waals surface area contributed by atoms with E-state index < -0.39 is 6.04 Å².